The van der Waals surface area contributed by atoms with E-state index in [9.17, 15) is 19.2 Å². The molecule has 166 valence electrons. The van der Waals surface area contributed by atoms with Crippen LogP contribution in [0.25, 0.3) is 11.0 Å². The van der Waals surface area contributed by atoms with Gasteiger partial charge in [0.15, 0.2) is 6.61 Å². The van der Waals surface area contributed by atoms with Crippen LogP contribution in [-0.4, -0.2) is 33.9 Å². The van der Waals surface area contributed by atoms with Crippen molar-refractivity contribution >= 4 is 45.2 Å². The summed E-state index contributed by atoms with van der Waals surface area (Å²) in [5.41, 5.74) is 7.25. The molecule has 1 aliphatic rings. The number of carbonyl (C=O) groups is 3. The summed E-state index contributed by atoms with van der Waals surface area (Å²) < 4.78 is 6.78. The molecular formula is C22H22N4O5S. The normalized spacial score (nSPS) is 12.6. The molecule has 0 fully saturated rings. The maximum atomic E-state index is 12.8. The smallest absolute Gasteiger partial charge is 0.344 e. The summed E-state index contributed by atoms with van der Waals surface area (Å²) in [6, 6.07) is 3.32. The van der Waals surface area contributed by atoms with E-state index in [1.807, 2.05) is 13.8 Å². The molecule has 0 aliphatic heterocycles. The number of anilines is 1. The van der Waals surface area contributed by atoms with Crippen molar-refractivity contribution < 1.29 is 19.1 Å². The minimum Gasteiger partial charge on any atom is -0.452 e. The average Bonchev–Trinajstić information content (AvgIpc) is 3.32. The topological polar surface area (TPSA) is 133 Å². The Bertz CT molecular complexity index is 1320. The molecule has 0 bridgehead atoms. The lowest BCUT2D eigenvalue weighted by atomic mass is 10.1. The van der Waals surface area contributed by atoms with Crippen LogP contribution in [0.1, 0.15) is 50.2 Å². The molecule has 9 nitrogen and oxygen atoms in total. The third-order valence-electron chi connectivity index (χ3n) is 5.38. The van der Waals surface area contributed by atoms with E-state index in [4.69, 9.17) is 10.5 Å². The van der Waals surface area contributed by atoms with Crippen LogP contribution >= 0.6 is 11.3 Å². The summed E-state index contributed by atoms with van der Waals surface area (Å²) >= 11 is 1.31. The molecule has 0 saturated carbocycles. The van der Waals surface area contributed by atoms with E-state index in [1.165, 1.54) is 17.5 Å². The molecule has 3 N–H and O–H groups in total. The fourth-order valence-electron chi connectivity index (χ4n) is 3.87. The summed E-state index contributed by atoms with van der Waals surface area (Å²) in [7, 11) is 0. The van der Waals surface area contributed by atoms with Gasteiger partial charge >= 0.3 is 5.97 Å². The van der Waals surface area contributed by atoms with Crippen molar-refractivity contribution in [1.29, 1.82) is 0 Å². The van der Waals surface area contributed by atoms with E-state index in [0.717, 1.165) is 35.4 Å². The van der Waals surface area contributed by atoms with Crippen LogP contribution in [0, 0.1) is 6.92 Å². The van der Waals surface area contributed by atoms with Crippen molar-refractivity contribution in [2.45, 2.75) is 39.7 Å². The summed E-state index contributed by atoms with van der Waals surface area (Å²) in [4.78, 5) is 55.0. The molecule has 3 aromatic heterocycles. The van der Waals surface area contributed by atoms with Crippen molar-refractivity contribution in [3.63, 3.8) is 0 Å². The van der Waals surface area contributed by atoms with Gasteiger partial charge in [-0.25, -0.2) is 9.78 Å². The average molecular weight is 455 g/mol. The molecule has 0 spiro atoms. The molecule has 1 aliphatic carbocycles. The number of nitrogens with zero attached hydrogens (tertiary/aromatic N) is 2. The number of ether oxygens (including phenoxy) is 1. The molecule has 10 heteroatoms. The van der Waals surface area contributed by atoms with E-state index >= 15 is 0 Å². The number of hydrogen-bond acceptors (Lipinski definition) is 7. The van der Waals surface area contributed by atoms with E-state index < -0.39 is 29.8 Å². The van der Waals surface area contributed by atoms with Gasteiger partial charge in [-0.05, 0) is 50.8 Å². The van der Waals surface area contributed by atoms with Gasteiger partial charge in [0, 0.05) is 23.3 Å². The summed E-state index contributed by atoms with van der Waals surface area (Å²) in [6.07, 6.45) is 3.93. The number of hydrogen-bond donors (Lipinski definition) is 2. The lowest BCUT2D eigenvalue weighted by Gasteiger charge is -2.11. The van der Waals surface area contributed by atoms with Gasteiger partial charge in [-0.1, -0.05) is 0 Å². The number of aromatic nitrogens is 2. The second-order valence-electron chi connectivity index (χ2n) is 7.53. The third kappa shape index (κ3) is 3.89. The Morgan fingerprint density at radius 1 is 1.28 bits per heavy atom. The SMILES string of the molecule is CCn1cc(C(=O)OCC(=O)Nc2sc3c(c2C(N)=O)CCC3)c(=O)c2ccc(C)nc21. The zero-order valence-electron chi connectivity index (χ0n) is 17.7. The van der Waals surface area contributed by atoms with Crippen LogP contribution in [0.4, 0.5) is 5.00 Å². The molecule has 0 atom stereocenters. The van der Waals surface area contributed by atoms with Gasteiger partial charge in [0.25, 0.3) is 11.8 Å². The monoisotopic (exact) mass is 454 g/mol. The zero-order chi connectivity index (χ0) is 23.0. The van der Waals surface area contributed by atoms with Gasteiger partial charge in [-0.2, -0.15) is 0 Å². The second-order valence-corrected chi connectivity index (χ2v) is 8.64. The Kier molecular flexibility index (Phi) is 5.79. The second kappa shape index (κ2) is 8.54. The molecule has 2 amide bonds. The van der Waals surface area contributed by atoms with Crippen molar-refractivity contribution in [3.8, 4) is 0 Å². The molecule has 0 unspecified atom stereocenters. The van der Waals surface area contributed by atoms with Crippen LogP contribution in [0.2, 0.25) is 0 Å². The van der Waals surface area contributed by atoms with Gasteiger partial charge in [-0.15, -0.1) is 11.3 Å². The van der Waals surface area contributed by atoms with Crippen molar-refractivity contribution in [2.75, 3.05) is 11.9 Å². The van der Waals surface area contributed by atoms with Crippen LogP contribution in [0.3, 0.4) is 0 Å². The van der Waals surface area contributed by atoms with E-state index in [-0.39, 0.29) is 5.56 Å². The summed E-state index contributed by atoms with van der Waals surface area (Å²) in [6.45, 7) is 3.57. The molecular weight excluding hydrogens is 432 g/mol. The Morgan fingerprint density at radius 3 is 2.78 bits per heavy atom. The van der Waals surface area contributed by atoms with E-state index in [0.29, 0.717) is 28.1 Å². The third-order valence-corrected chi connectivity index (χ3v) is 6.58. The first-order valence-corrected chi connectivity index (χ1v) is 11.0. The molecule has 0 radical (unpaired) electrons. The lowest BCUT2D eigenvalue weighted by molar-refractivity contribution is -0.119. The van der Waals surface area contributed by atoms with E-state index in [1.54, 1.807) is 16.7 Å². The maximum Gasteiger partial charge on any atom is 0.344 e. The summed E-state index contributed by atoms with van der Waals surface area (Å²) in [5, 5.41) is 3.28. The van der Waals surface area contributed by atoms with Crippen molar-refractivity contribution in [1.82, 2.24) is 9.55 Å². The summed E-state index contributed by atoms with van der Waals surface area (Å²) in [5.74, 6) is -2.12. The van der Waals surface area contributed by atoms with Crippen LogP contribution in [0.15, 0.2) is 23.1 Å². The van der Waals surface area contributed by atoms with E-state index in [2.05, 4.69) is 10.3 Å². The molecule has 0 saturated heterocycles. The molecule has 32 heavy (non-hydrogen) atoms. The molecule has 4 rings (SSSR count). The minimum absolute atomic E-state index is 0.175. The number of fused-ring (bicyclic) bond motifs is 2. The number of rotatable bonds is 6. The van der Waals surface area contributed by atoms with Crippen LogP contribution in [-0.2, 0) is 28.9 Å². The van der Waals surface area contributed by atoms with Gasteiger partial charge in [-0.3, -0.25) is 14.4 Å². The first-order valence-electron chi connectivity index (χ1n) is 10.2. The Hall–Kier alpha value is -3.53. The standard InChI is InChI=1S/C22H22N4O5S/c1-3-26-9-14(18(28)13-8-7-11(2)24-20(13)26)22(30)31-10-16(27)25-21-17(19(23)29)12-5-4-6-15(12)32-21/h7-9H,3-6,10H2,1-2H3,(H2,23,29)(H,25,27). The van der Waals surface area contributed by atoms with Crippen molar-refractivity contribution in [3.05, 3.63) is 55.8 Å². The first-order chi connectivity index (χ1) is 15.3. The molecule has 3 aromatic rings. The van der Waals surface area contributed by atoms with Crippen LogP contribution < -0.4 is 16.5 Å². The van der Waals surface area contributed by atoms with Gasteiger partial charge in [0.1, 0.15) is 16.2 Å². The zero-order valence-corrected chi connectivity index (χ0v) is 18.5. The van der Waals surface area contributed by atoms with Gasteiger partial charge in [0.05, 0.1) is 10.9 Å². The number of primary amides is 1. The highest BCUT2D eigenvalue weighted by atomic mass is 32.1. The highest BCUT2D eigenvalue weighted by molar-refractivity contribution is 7.17. The van der Waals surface area contributed by atoms with Gasteiger partial charge in [0.2, 0.25) is 5.43 Å². The molecule has 3 heterocycles. The Balaban J connectivity index is 1.51. The number of nitrogens with one attached hydrogen (secondary N) is 1. The number of esters is 1. The number of aryl methyl sites for hydroxylation is 3. The highest BCUT2D eigenvalue weighted by Crippen LogP contribution is 2.38. The number of thiophene rings is 1. The Labute approximate surface area is 187 Å². The Morgan fingerprint density at radius 2 is 2.06 bits per heavy atom. The fourth-order valence-corrected chi connectivity index (χ4v) is 5.18. The number of amides is 2. The lowest BCUT2D eigenvalue weighted by Crippen LogP contribution is -2.26. The predicted octanol–water partition coefficient (Wildman–Crippen LogP) is 2.17. The largest absolute Gasteiger partial charge is 0.452 e. The number of carbonyl (C=O) groups excluding carboxylic acids is 3. The quantitative estimate of drug-likeness (QED) is 0.549. The number of pyridine rings is 2. The predicted molar refractivity (Wildman–Crippen MR) is 120 cm³/mol. The minimum atomic E-state index is -0.904. The molecule has 0 aromatic carbocycles. The van der Waals surface area contributed by atoms with Crippen molar-refractivity contribution in [2.24, 2.45) is 5.73 Å². The highest BCUT2D eigenvalue weighted by Gasteiger charge is 2.26. The van der Waals surface area contributed by atoms with Crippen LogP contribution in [0.5, 0.6) is 0 Å². The maximum absolute atomic E-state index is 12.8. The fraction of sp³-hybridized carbons (Fsp3) is 0.318. The van der Waals surface area contributed by atoms with Gasteiger partial charge < -0.3 is 20.4 Å². The first kappa shape index (κ1) is 21.7. The number of nitrogens with two attached hydrogens (primary N) is 1.